The smallest absolute Gasteiger partial charge is 0.160 e. The molecule has 3 heteroatoms. The van der Waals surface area contributed by atoms with Crippen LogP contribution in [0.1, 0.15) is 0 Å². The molecule has 288 valence electrons. The van der Waals surface area contributed by atoms with Crippen LogP contribution in [0.25, 0.3) is 78.4 Å². The maximum Gasteiger partial charge on any atom is 0.160 e. The number of rotatable bonds is 10. The number of aromatic nitrogens is 2. The van der Waals surface area contributed by atoms with Crippen LogP contribution >= 0.6 is 0 Å². The van der Waals surface area contributed by atoms with Crippen LogP contribution in [-0.4, -0.2) is 9.97 Å². The summed E-state index contributed by atoms with van der Waals surface area (Å²) in [5, 5.41) is 0. The van der Waals surface area contributed by atoms with E-state index in [1.807, 2.05) is 36.4 Å². The first-order chi connectivity index (χ1) is 30.2. The molecule has 0 radical (unpaired) electrons. The third-order valence-corrected chi connectivity index (χ3v) is 11.2. The van der Waals surface area contributed by atoms with E-state index in [1.54, 1.807) is 0 Å². The first-order valence-corrected chi connectivity index (χ1v) is 20.6. The van der Waals surface area contributed by atoms with Crippen LogP contribution in [0.2, 0.25) is 0 Å². The minimum absolute atomic E-state index is 0.711. The standard InChI is InChI=1S/C58H41N3/c1-5-13-42(14-6-1)44-21-23-45(24-22-44)48-31-37-54(38-32-48)61(53-35-29-47(30-36-53)43-15-7-2-8-16-43)55-39-33-49(34-40-55)46-25-27-51(28-26-46)57-41-56(50-17-9-3-10-18-50)59-58(60-57)52-19-11-4-12-20-52/h1-41H. The zero-order valence-electron chi connectivity index (χ0n) is 33.5. The van der Waals surface area contributed by atoms with Gasteiger partial charge in [0.2, 0.25) is 0 Å². The number of hydrogen-bond donors (Lipinski definition) is 0. The number of anilines is 3. The maximum atomic E-state index is 5.03. The molecular formula is C58H41N3. The number of benzene rings is 9. The van der Waals surface area contributed by atoms with Crippen molar-refractivity contribution in [3.05, 3.63) is 249 Å². The van der Waals surface area contributed by atoms with Gasteiger partial charge in [-0.2, -0.15) is 0 Å². The first-order valence-electron chi connectivity index (χ1n) is 20.6. The molecule has 9 aromatic carbocycles. The van der Waals surface area contributed by atoms with E-state index in [4.69, 9.17) is 9.97 Å². The molecular weight excluding hydrogens is 739 g/mol. The molecule has 10 rings (SSSR count). The fourth-order valence-electron chi connectivity index (χ4n) is 7.87. The van der Waals surface area contributed by atoms with Gasteiger partial charge in [0.1, 0.15) is 0 Å². The summed E-state index contributed by atoms with van der Waals surface area (Å²) in [5.41, 5.74) is 17.6. The Kier molecular flexibility index (Phi) is 10.3. The summed E-state index contributed by atoms with van der Waals surface area (Å²) in [6.45, 7) is 0. The lowest BCUT2D eigenvalue weighted by atomic mass is 9.99. The van der Waals surface area contributed by atoms with Gasteiger partial charge < -0.3 is 4.90 Å². The third-order valence-electron chi connectivity index (χ3n) is 11.2. The zero-order valence-corrected chi connectivity index (χ0v) is 33.5. The molecule has 0 saturated heterocycles. The predicted molar refractivity (Wildman–Crippen MR) is 255 cm³/mol. The molecule has 0 aliphatic rings. The molecule has 0 N–H and O–H groups in total. The highest BCUT2D eigenvalue weighted by atomic mass is 15.1. The molecule has 0 atom stereocenters. The van der Waals surface area contributed by atoms with Crippen LogP contribution in [0.15, 0.2) is 249 Å². The highest BCUT2D eigenvalue weighted by Crippen LogP contribution is 2.38. The molecule has 0 amide bonds. The molecule has 0 saturated carbocycles. The quantitative estimate of drug-likeness (QED) is 0.138. The summed E-state index contributed by atoms with van der Waals surface area (Å²) in [6, 6.07) is 87.7. The zero-order chi connectivity index (χ0) is 40.8. The highest BCUT2D eigenvalue weighted by Gasteiger charge is 2.15. The van der Waals surface area contributed by atoms with E-state index in [2.05, 4.69) is 217 Å². The Morgan fingerprint density at radius 2 is 0.443 bits per heavy atom. The van der Waals surface area contributed by atoms with Crippen molar-refractivity contribution in [2.45, 2.75) is 0 Å². The average molecular weight is 780 g/mol. The van der Waals surface area contributed by atoms with Crippen LogP contribution in [-0.2, 0) is 0 Å². The fourth-order valence-corrected chi connectivity index (χ4v) is 7.87. The molecule has 10 aromatic rings. The van der Waals surface area contributed by atoms with Crippen molar-refractivity contribution in [1.29, 1.82) is 0 Å². The minimum atomic E-state index is 0.711. The Balaban J connectivity index is 0.949. The van der Waals surface area contributed by atoms with Gasteiger partial charge in [0, 0.05) is 33.8 Å². The summed E-state index contributed by atoms with van der Waals surface area (Å²) in [7, 11) is 0. The van der Waals surface area contributed by atoms with Crippen molar-refractivity contribution in [2.24, 2.45) is 0 Å². The van der Waals surface area contributed by atoms with Gasteiger partial charge in [-0.15, -0.1) is 0 Å². The van der Waals surface area contributed by atoms with Crippen LogP contribution in [0.3, 0.4) is 0 Å². The van der Waals surface area contributed by atoms with Gasteiger partial charge in [-0.25, -0.2) is 9.97 Å². The SMILES string of the molecule is c1ccc(-c2ccc(-c3ccc(N(c4ccc(-c5ccccc5)cc4)c4ccc(-c5ccc(-c6cc(-c7ccccc7)nc(-c7ccccc7)n6)cc5)cc4)cc3)cc2)cc1. The minimum Gasteiger partial charge on any atom is -0.311 e. The van der Waals surface area contributed by atoms with Gasteiger partial charge in [-0.3, -0.25) is 0 Å². The predicted octanol–water partition coefficient (Wildman–Crippen LogP) is 15.6. The Bertz CT molecular complexity index is 2930. The lowest BCUT2D eigenvalue weighted by Crippen LogP contribution is -2.09. The molecule has 1 aromatic heterocycles. The molecule has 61 heavy (non-hydrogen) atoms. The van der Waals surface area contributed by atoms with E-state index < -0.39 is 0 Å². The largest absolute Gasteiger partial charge is 0.311 e. The van der Waals surface area contributed by atoms with Gasteiger partial charge in [0.25, 0.3) is 0 Å². The van der Waals surface area contributed by atoms with Gasteiger partial charge in [-0.1, -0.05) is 206 Å². The van der Waals surface area contributed by atoms with Gasteiger partial charge in [-0.05, 0) is 87.0 Å². The maximum absolute atomic E-state index is 5.03. The summed E-state index contributed by atoms with van der Waals surface area (Å²) in [5.74, 6) is 0.711. The van der Waals surface area contributed by atoms with E-state index in [0.717, 1.165) is 56.3 Å². The summed E-state index contributed by atoms with van der Waals surface area (Å²) in [6.07, 6.45) is 0. The molecule has 1 heterocycles. The van der Waals surface area contributed by atoms with Crippen molar-refractivity contribution in [3.63, 3.8) is 0 Å². The Labute approximate surface area is 357 Å². The second kappa shape index (κ2) is 17.0. The van der Waals surface area contributed by atoms with Crippen molar-refractivity contribution in [2.75, 3.05) is 4.90 Å². The number of nitrogens with zero attached hydrogens (tertiary/aromatic N) is 3. The van der Waals surface area contributed by atoms with Crippen molar-refractivity contribution in [1.82, 2.24) is 9.97 Å². The summed E-state index contributed by atoms with van der Waals surface area (Å²) in [4.78, 5) is 12.3. The van der Waals surface area contributed by atoms with Crippen LogP contribution in [0, 0.1) is 0 Å². The normalized spacial score (nSPS) is 11.0. The first kappa shape index (κ1) is 37.2. The van der Waals surface area contributed by atoms with Crippen LogP contribution in [0.5, 0.6) is 0 Å². The molecule has 0 aliphatic carbocycles. The van der Waals surface area contributed by atoms with E-state index in [9.17, 15) is 0 Å². The van der Waals surface area contributed by atoms with E-state index in [1.165, 1.54) is 33.4 Å². The lowest BCUT2D eigenvalue weighted by molar-refractivity contribution is 1.18. The molecule has 0 unspecified atom stereocenters. The summed E-state index contributed by atoms with van der Waals surface area (Å²) < 4.78 is 0. The van der Waals surface area contributed by atoms with Gasteiger partial charge in [0.05, 0.1) is 11.4 Å². The second-order valence-electron chi connectivity index (χ2n) is 15.1. The molecule has 0 bridgehead atoms. The Morgan fingerprint density at radius 3 is 0.770 bits per heavy atom. The molecule has 0 spiro atoms. The van der Waals surface area contributed by atoms with Gasteiger partial charge >= 0.3 is 0 Å². The average Bonchev–Trinajstić information content (AvgIpc) is 3.36. The Morgan fingerprint density at radius 1 is 0.213 bits per heavy atom. The van der Waals surface area contributed by atoms with Crippen LogP contribution < -0.4 is 4.90 Å². The topological polar surface area (TPSA) is 29.0 Å². The molecule has 3 nitrogen and oxygen atoms in total. The summed E-state index contributed by atoms with van der Waals surface area (Å²) >= 11 is 0. The van der Waals surface area contributed by atoms with Crippen molar-refractivity contribution < 1.29 is 0 Å². The van der Waals surface area contributed by atoms with E-state index in [-0.39, 0.29) is 0 Å². The van der Waals surface area contributed by atoms with Gasteiger partial charge in [0.15, 0.2) is 5.82 Å². The number of hydrogen-bond acceptors (Lipinski definition) is 3. The second-order valence-corrected chi connectivity index (χ2v) is 15.1. The Hall–Kier alpha value is -8.14. The monoisotopic (exact) mass is 779 g/mol. The van der Waals surface area contributed by atoms with E-state index >= 15 is 0 Å². The third kappa shape index (κ3) is 8.14. The van der Waals surface area contributed by atoms with Crippen molar-refractivity contribution in [3.8, 4) is 78.4 Å². The fraction of sp³-hybridized carbons (Fsp3) is 0. The van der Waals surface area contributed by atoms with E-state index in [0.29, 0.717) is 5.82 Å². The molecule has 0 fully saturated rings. The molecule has 0 aliphatic heterocycles. The highest BCUT2D eigenvalue weighted by molar-refractivity contribution is 5.82. The lowest BCUT2D eigenvalue weighted by Gasteiger charge is -2.26. The van der Waals surface area contributed by atoms with Crippen molar-refractivity contribution >= 4 is 17.1 Å². The van der Waals surface area contributed by atoms with Crippen LogP contribution in [0.4, 0.5) is 17.1 Å².